The van der Waals surface area contributed by atoms with Crippen molar-refractivity contribution in [1.29, 1.82) is 0 Å². The van der Waals surface area contributed by atoms with Crippen LogP contribution in [0.1, 0.15) is 50.0 Å². The average Bonchev–Trinajstić information content (AvgIpc) is 2.42. The molecular weight excluding hydrogens is 222 g/mol. The molecular formula is C16H25NO. The maximum absolute atomic E-state index is 10.4. The fourth-order valence-electron chi connectivity index (χ4n) is 3.14. The predicted molar refractivity (Wildman–Crippen MR) is 75.4 cm³/mol. The van der Waals surface area contributed by atoms with Gasteiger partial charge in [0.1, 0.15) is 0 Å². The largest absolute Gasteiger partial charge is 0.392 e. The van der Waals surface area contributed by atoms with Crippen LogP contribution >= 0.6 is 0 Å². The Bertz CT molecular complexity index is 332. The number of benzene rings is 1. The van der Waals surface area contributed by atoms with Crippen LogP contribution in [0.5, 0.6) is 0 Å². The van der Waals surface area contributed by atoms with Gasteiger partial charge in [-0.25, -0.2) is 0 Å². The Labute approximate surface area is 110 Å². The molecule has 18 heavy (non-hydrogen) atoms. The molecule has 1 aromatic carbocycles. The molecule has 0 saturated heterocycles. The molecule has 2 rings (SSSR count). The molecule has 1 saturated carbocycles. The number of rotatable bonds is 5. The van der Waals surface area contributed by atoms with Gasteiger partial charge in [-0.3, -0.25) is 0 Å². The lowest BCUT2D eigenvalue weighted by Crippen LogP contribution is -2.28. The highest BCUT2D eigenvalue weighted by Gasteiger charge is 2.24. The Morgan fingerprint density at radius 1 is 1.11 bits per heavy atom. The normalized spacial score (nSPS) is 20.6. The molecule has 1 aliphatic rings. The summed E-state index contributed by atoms with van der Waals surface area (Å²) >= 11 is 0. The van der Waals surface area contributed by atoms with Crippen molar-refractivity contribution in [3.05, 3.63) is 35.9 Å². The minimum Gasteiger partial charge on any atom is -0.392 e. The summed E-state index contributed by atoms with van der Waals surface area (Å²) in [7, 11) is 0. The molecule has 0 heterocycles. The topological polar surface area (TPSA) is 46.2 Å². The van der Waals surface area contributed by atoms with Gasteiger partial charge in [0.15, 0.2) is 0 Å². The van der Waals surface area contributed by atoms with Crippen molar-refractivity contribution in [2.75, 3.05) is 6.54 Å². The Morgan fingerprint density at radius 3 is 2.39 bits per heavy atom. The zero-order chi connectivity index (χ0) is 12.8. The van der Waals surface area contributed by atoms with E-state index in [4.69, 9.17) is 5.73 Å². The van der Waals surface area contributed by atoms with E-state index in [1.54, 1.807) is 0 Å². The zero-order valence-corrected chi connectivity index (χ0v) is 11.1. The number of aliphatic hydroxyl groups excluding tert-OH is 1. The maximum atomic E-state index is 10.4. The smallest absolute Gasteiger partial charge is 0.0623 e. The standard InChI is InChI=1S/C16H25NO/c17-12-15(14-9-5-2-6-10-14)16(18)11-13-7-3-1-4-8-13/h2,5-6,9-10,13,15-16,18H,1,3-4,7-8,11-12,17H2. The molecule has 100 valence electrons. The highest BCUT2D eigenvalue weighted by atomic mass is 16.3. The molecule has 0 radical (unpaired) electrons. The van der Waals surface area contributed by atoms with E-state index in [0.29, 0.717) is 12.5 Å². The first-order chi connectivity index (χ1) is 8.81. The summed E-state index contributed by atoms with van der Waals surface area (Å²) in [4.78, 5) is 0. The molecule has 1 aliphatic carbocycles. The van der Waals surface area contributed by atoms with Crippen molar-refractivity contribution in [1.82, 2.24) is 0 Å². The third kappa shape index (κ3) is 3.56. The van der Waals surface area contributed by atoms with Crippen molar-refractivity contribution >= 4 is 0 Å². The first kappa shape index (κ1) is 13.6. The highest BCUT2D eigenvalue weighted by molar-refractivity contribution is 5.21. The van der Waals surface area contributed by atoms with Gasteiger partial charge >= 0.3 is 0 Å². The van der Waals surface area contributed by atoms with Gasteiger partial charge in [-0.05, 0) is 17.9 Å². The molecule has 0 amide bonds. The second kappa shape index (κ2) is 6.91. The number of hydrogen-bond donors (Lipinski definition) is 2. The SMILES string of the molecule is NCC(c1ccccc1)C(O)CC1CCCCC1. The van der Waals surface area contributed by atoms with Crippen LogP contribution < -0.4 is 5.73 Å². The van der Waals surface area contributed by atoms with Crippen LogP contribution in [0.2, 0.25) is 0 Å². The summed E-state index contributed by atoms with van der Waals surface area (Å²) in [5.41, 5.74) is 7.02. The summed E-state index contributed by atoms with van der Waals surface area (Å²) in [6.07, 6.45) is 7.21. The fourth-order valence-corrected chi connectivity index (χ4v) is 3.14. The minimum atomic E-state index is -0.291. The molecule has 1 aromatic rings. The van der Waals surface area contributed by atoms with E-state index < -0.39 is 0 Å². The van der Waals surface area contributed by atoms with Crippen LogP contribution in [-0.4, -0.2) is 17.8 Å². The van der Waals surface area contributed by atoms with Gasteiger partial charge in [0.25, 0.3) is 0 Å². The van der Waals surface area contributed by atoms with E-state index >= 15 is 0 Å². The van der Waals surface area contributed by atoms with Crippen LogP contribution in [0.25, 0.3) is 0 Å². The van der Waals surface area contributed by atoms with Crippen LogP contribution in [0.4, 0.5) is 0 Å². The molecule has 0 aliphatic heterocycles. The molecule has 2 heteroatoms. The lowest BCUT2D eigenvalue weighted by molar-refractivity contribution is 0.106. The Morgan fingerprint density at radius 2 is 1.78 bits per heavy atom. The summed E-state index contributed by atoms with van der Waals surface area (Å²) in [6, 6.07) is 10.2. The van der Waals surface area contributed by atoms with Crippen molar-refractivity contribution < 1.29 is 5.11 Å². The molecule has 0 aromatic heterocycles. The average molecular weight is 247 g/mol. The Hall–Kier alpha value is -0.860. The van der Waals surface area contributed by atoms with Gasteiger partial charge in [-0.15, -0.1) is 0 Å². The van der Waals surface area contributed by atoms with E-state index in [0.717, 1.165) is 6.42 Å². The number of aliphatic hydroxyl groups is 1. The molecule has 0 bridgehead atoms. The molecule has 2 unspecified atom stereocenters. The van der Waals surface area contributed by atoms with Gasteiger partial charge in [-0.2, -0.15) is 0 Å². The van der Waals surface area contributed by atoms with Crippen LogP contribution in [0, 0.1) is 5.92 Å². The monoisotopic (exact) mass is 247 g/mol. The van der Waals surface area contributed by atoms with Gasteiger partial charge in [-0.1, -0.05) is 62.4 Å². The summed E-state index contributed by atoms with van der Waals surface area (Å²) in [6.45, 7) is 0.526. The van der Waals surface area contributed by atoms with Gasteiger partial charge in [0.05, 0.1) is 6.10 Å². The second-order valence-corrected chi connectivity index (χ2v) is 5.56. The fraction of sp³-hybridized carbons (Fsp3) is 0.625. The Kier molecular flexibility index (Phi) is 5.21. The van der Waals surface area contributed by atoms with Crippen molar-refractivity contribution in [3.8, 4) is 0 Å². The molecule has 0 spiro atoms. The third-order valence-electron chi connectivity index (χ3n) is 4.25. The molecule has 2 nitrogen and oxygen atoms in total. The van der Waals surface area contributed by atoms with Crippen LogP contribution in [0.3, 0.4) is 0 Å². The van der Waals surface area contributed by atoms with Gasteiger partial charge in [0, 0.05) is 12.5 Å². The minimum absolute atomic E-state index is 0.0909. The lowest BCUT2D eigenvalue weighted by atomic mass is 9.81. The van der Waals surface area contributed by atoms with E-state index in [1.807, 2.05) is 18.2 Å². The first-order valence-electron chi connectivity index (χ1n) is 7.24. The highest BCUT2D eigenvalue weighted by Crippen LogP contribution is 2.31. The summed E-state index contributed by atoms with van der Waals surface area (Å²) < 4.78 is 0. The van der Waals surface area contributed by atoms with E-state index in [1.165, 1.54) is 37.7 Å². The van der Waals surface area contributed by atoms with Crippen LogP contribution in [-0.2, 0) is 0 Å². The van der Waals surface area contributed by atoms with Gasteiger partial charge in [0.2, 0.25) is 0 Å². The predicted octanol–water partition coefficient (Wildman–Crippen LogP) is 3.06. The quantitative estimate of drug-likeness (QED) is 0.840. The van der Waals surface area contributed by atoms with Gasteiger partial charge < -0.3 is 10.8 Å². The number of hydrogen-bond acceptors (Lipinski definition) is 2. The second-order valence-electron chi connectivity index (χ2n) is 5.56. The molecule has 1 fully saturated rings. The maximum Gasteiger partial charge on any atom is 0.0623 e. The van der Waals surface area contributed by atoms with Crippen molar-refractivity contribution in [2.24, 2.45) is 11.7 Å². The van der Waals surface area contributed by atoms with E-state index in [9.17, 15) is 5.11 Å². The van der Waals surface area contributed by atoms with Crippen molar-refractivity contribution in [2.45, 2.75) is 50.5 Å². The lowest BCUT2D eigenvalue weighted by Gasteiger charge is -2.28. The van der Waals surface area contributed by atoms with E-state index in [2.05, 4.69) is 12.1 Å². The van der Waals surface area contributed by atoms with Crippen LogP contribution in [0.15, 0.2) is 30.3 Å². The summed E-state index contributed by atoms with van der Waals surface area (Å²) in [5, 5.41) is 10.4. The Balaban J connectivity index is 1.94. The van der Waals surface area contributed by atoms with E-state index in [-0.39, 0.29) is 12.0 Å². The number of nitrogens with two attached hydrogens (primary N) is 1. The van der Waals surface area contributed by atoms with Crippen molar-refractivity contribution in [3.63, 3.8) is 0 Å². The first-order valence-corrected chi connectivity index (χ1v) is 7.24. The molecule has 3 N–H and O–H groups in total. The third-order valence-corrected chi connectivity index (χ3v) is 4.25. The zero-order valence-electron chi connectivity index (χ0n) is 11.1. The summed E-state index contributed by atoms with van der Waals surface area (Å²) in [5.74, 6) is 0.791. The molecule has 2 atom stereocenters.